The van der Waals surface area contributed by atoms with Crippen LogP contribution >= 0.6 is 0 Å². The molecular weight excluding hydrogens is 460 g/mol. The van der Waals surface area contributed by atoms with E-state index in [-0.39, 0.29) is 40.3 Å². The molecule has 196 valence electrons. The molecule has 1 saturated carbocycles. The van der Waals surface area contributed by atoms with E-state index >= 15 is 0 Å². The minimum atomic E-state index is -2.07. The predicted octanol–water partition coefficient (Wildman–Crippen LogP) is 6.87. The fourth-order valence-corrected chi connectivity index (χ4v) is 6.77. The van der Waals surface area contributed by atoms with Crippen LogP contribution in [0.2, 0.25) is 36.3 Å². The zero-order chi connectivity index (χ0) is 25.9. The number of ether oxygens (including phenoxy) is 2. The number of allylic oxidation sites excluding steroid dienone is 1. The van der Waals surface area contributed by atoms with Crippen LogP contribution in [-0.2, 0) is 23.1 Å². The second kappa shape index (κ2) is 11.1. The van der Waals surface area contributed by atoms with Crippen molar-refractivity contribution in [1.82, 2.24) is 0 Å². The van der Waals surface area contributed by atoms with E-state index in [4.69, 9.17) is 18.3 Å². The van der Waals surface area contributed by atoms with Crippen LogP contribution in [0.5, 0.6) is 0 Å². The number of hydrogen-bond acceptors (Lipinski definition) is 5. The predicted molar refractivity (Wildman–Crippen MR) is 145 cm³/mol. The molecule has 1 unspecified atom stereocenters. The Labute approximate surface area is 210 Å². The van der Waals surface area contributed by atoms with Crippen LogP contribution in [-0.4, -0.2) is 54.1 Å². The van der Waals surface area contributed by atoms with Gasteiger partial charge in [0.25, 0.3) is 0 Å². The molecule has 0 aromatic heterocycles. The summed E-state index contributed by atoms with van der Waals surface area (Å²) < 4.78 is 25.0. The lowest BCUT2D eigenvalue weighted by molar-refractivity contribution is -0.144. The molecule has 5 atom stereocenters. The smallest absolute Gasteiger partial charge is 0.330 e. The Kier molecular flexibility index (Phi) is 9.64. The summed E-state index contributed by atoms with van der Waals surface area (Å²) in [5.74, 6) is 0.213. The number of esters is 1. The third-order valence-corrected chi connectivity index (χ3v) is 17.2. The molecule has 2 aliphatic rings. The zero-order valence-electron chi connectivity index (χ0n) is 23.6. The summed E-state index contributed by atoms with van der Waals surface area (Å²) in [6, 6.07) is 0. The lowest BCUT2D eigenvalue weighted by Crippen LogP contribution is -2.46. The summed E-state index contributed by atoms with van der Waals surface area (Å²) in [5, 5.41) is 0.241. The van der Waals surface area contributed by atoms with Crippen molar-refractivity contribution < 1.29 is 23.1 Å². The first kappa shape index (κ1) is 29.5. The third kappa shape index (κ3) is 7.88. The van der Waals surface area contributed by atoms with E-state index in [1.165, 1.54) is 0 Å². The number of rotatable bonds is 4. The van der Waals surface area contributed by atoms with E-state index in [9.17, 15) is 4.79 Å². The Hall–Kier alpha value is -0.736. The van der Waals surface area contributed by atoms with Gasteiger partial charge in [0.05, 0.1) is 19.3 Å². The number of hydrogen-bond donors (Lipinski definition) is 0. The molecule has 7 heteroatoms. The second-order valence-electron chi connectivity index (χ2n) is 13.2. The highest BCUT2D eigenvalue weighted by Crippen LogP contribution is 2.46. The van der Waals surface area contributed by atoms with Crippen molar-refractivity contribution in [2.24, 2.45) is 11.8 Å². The quantitative estimate of drug-likeness (QED) is 0.235. The normalized spacial score (nSPS) is 32.1. The first-order valence-corrected chi connectivity index (χ1v) is 18.7. The Morgan fingerprint density at radius 1 is 0.912 bits per heavy atom. The van der Waals surface area contributed by atoms with Crippen LogP contribution in [0.3, 0.4) is 0 Å². The van der Waals surface area contributed by atoms with Gasteiger partial charge in [-0.3, -0.25) is 0 Å². The Balaban J connectivity index is 2.39. The number of fused-ring (bicyclic) bond motifs is 1. The molecule has 1 fully saturated rings. The van der Waals surface area contributed by atoms with Crippen LogP contribution < -0.4 is 0 Å². The lowest BCUT2D eigenvalue weighted by Gasteiger charge is -2.41. The summed E-state index contributed by atoms with van der Waals surface area (Å²) in [5.41, 5.74) is 0. The molecule has 34 heavy (non-hydrogen) atoms. The SMILES string of the molecule is C[C@H]1COC/C=C/[C@H]2C[C@H](O[Si](C)(C)C(C)(C)C)C[C@H]2C(O[Si](C)(C)C(C)(C)C)/C=C\C(=O)O1. The molecule has 1 aliphatic heterocycles. The highest BCUT2D eigenvalue weighted by atomic mass is 28.4. The first-order valence-electron chi connectivity index (χ1n) is 12.9. The minimum absolute atomic E-state index is 0.0752. The Morgan fingerprint density at radius 3 is 2.09 bits per heavy atom. The van der Waals surface area contributed by atoms with Gasteiger partial charge in [0.2, 0.25) is 0 Å². The van der Waals surface area contributed by atoms with E-state index in [1.54, 1.807) is 6.08 Å². The van der Waals surface area contributed by atoms with Gasteiger partial charge in [0, 0.05) is 12.2 Å². The van der Waals surface area contributed by atoms with Gasteiger partial charge in [-0.05, 0) is 73.9 Å². The monoisotopic (exact) mass is 510 g/mol. The van der Waals surface area contributed by atoms with Gasteiger partial charge in [0.1, 0.15) is 6.10 Å². The summed E-state index contributed by atoms with van der Waals surface area (Å²) in [4.78, 5) is 12.5. The second-order valence-corrected chi connectivity index (χ2v) is 22.7. The van der Waals surface area contributed by atoms with Gasteiger partial charge in [-0.25, -0.2) is 4.79 Å². The van der Waals surface area contributed by atoms with Crippen molar-refractivity contribution in [2.45, 2.75) is 116 Å². The number of cyclic esters (lactones) is 1. The van der Waals surface area contributed by atoms with Gasteiger partial charge >= 0.3 is 5.97 Å². The van der Waals surface area contributed by atoms with Crippen molar-refractivity contribution in [3.63, 3.8) is 0 Å². The summed E-state index contributed by atoms with van der Waals surface area (Å²) in [7, 11) is -3.96. The van der Waals surface area contributed by atoms with Gasteiger partial charge < -0.3 is 18.3 Å². The van der Waals surface area contributed by atoms with Crippen LogP contribution in [0.25, 0.3) is 0 Å². The third-order valence-electron chi connectivity index (χ3n) is 8.24. The zero-order valence-corrected chi connectivity index (χ0v) is 25.6. The molecule has 0 radical (unpaired) electrons. The highest BCUT2D eigenvalue weighted by molar-refractivity contribution is 6.74. The lowest BCUT2D eigenvalue weighted by atomic mass is 9.90. The average molecular weight is 511 g/mol. The summed E-state index contributed by atoms with van der Waals surface area (Å²) in [6.45, 7) is 25.6. The molecular formula is C27H50O5Si2. The maximum Gasteiger partial charge on any atom is 0.330 e. The maximum absolute atomic E-state index is 12.5. The first-order chi connectivity index (χ1) is 15.4. The van der Waals surface area contributed by atoms with E-state index in [0.717, 1.165) is 12.8 Å². The highest BCUT2D eigenvalue weighted by Gasteiger charge is 2.46. The molecule has 0 bridgehead atoms. The molecule has 0 aromatic carbocycles. The fourth-order valence-electron chi connectivity index (χ4n) is 4.11. The van der Waals surface area contributed by atoms with Gasteiger partial charge in [0.15, 0.2) is 16.6 Å². The summed E-state index contributed by atoms with van der Waals surface area (Å²) >= 11 is 0. The Morgan fingerprint density at radius 2 is 1.50 bits per heavy atom. The largest absolute Gasteiger partial charge is 0.457 e. The van der Waals surface area contributed by atoms with Crippen LogP contribution in [0, 0.1) is 11.8 Å². The van der Waals surface area contributed by atoms with E-state index in [0.29, 0.717) is 19.1 Å². The van der Waals surface area contributed by atoms with Crippen molar-refractivity contribution in [3.05, 3.63) is 24.3 Å². The number of carbonyl (C=O) groups excluding carboxylic acids is 1. The molecule has 5 nitrogen and oxygen atoms in total. The van der Waals surface area contributed by atoms with Crippen molar-refractivity contribution in [2.75, 3.05) is 13.2 Å². The molecule has 0 N–H and O–H groups in total. The molecule has 2 rings (SSSR count). The maximum atomic E-state index is 12.5. The van der Waals surface area contributed by atoms with Crippen molar-refractivity contribution in [1.29, 1.82) is 0 Å². The Bertz CT molecular complexity index is 745. The van der Waals surface area contributed by atoms with E-state index in [2.05, 4.69) is 79.9 Å². The van der Waals surface area contributed by atoms with Crippen LogP contribution in [0.15, 0.2) is 24.3 Å². The topological polar surface area (TPSA) is 54.0 Å². The number of carbonyl (C=O) groups is 1. The van der Waals surface area contributed by atoms with Crippen molar-refractivity contribution >= 4 is 22.6 Å². The van der Waals surface area contributed by atoms with Crippen LogP contribution in [0.1, 0.15) is 61.3 Å². The minimum Gasteiger partial charge on any atom is -0.457 e. The molecule has 1 heterocycles. The van der Waals surface area contributed by atoms with Gasteiger partial charge in [-0.15, -0.1) is 0 Å². The van der Waals surface area contributed by atoms with Crippen molar-refractivity contribution in [3.8, 4) is 0 Å². The van der Waals surface area contributed by atoms with E-state index < -0.39 is 16.6 Å². The molecule has 0 amide bonds. The molecule has 1 aliphatic carbocycles. The standard InChI is InChI=1S/C27H50O5Si2/c1-20-19-29-16-12-13-21-17-22(31-33(8,9)26(2,3)4)18-23(21)24(14-15-25(28)30-20)32-34(10,11)27(5,6)7/h12-15,20-24H,16-19H2,1-11H3/b13-12+,15-14-/t20-,21-,22-,23+,24?/m0/s1. The molecule has 0 aromatic rings. The van der Waals surface area contributed by atoms with Crippen LogP contribution in [0.4, 0.5) is 0 Å². The summed E-state index contributed by atoms with van der Waals surface area (Å²) in [6.07, 6.45) is 9.58. The van der Waals surface area contributed by atoms with Gasteiger partial charge in [-0.1, -0.05) is 53.7 Å². The average Bonchev–Trinajstić information content (AvgIpc) is 3.04. The van der Waals surface area contributed by atoms with E-state index in [1.807, 2.05) is 13.0 Å². The fraction of sp³-hybridized carbons (Fsp3) is 0.815. The molecule has 0 saturated heterocycles. The van der Waals surface area contributed by atoms with Gasteiger partial charge in [-0.2, -0.15) is 0 Å². The molecule has 0 spiro atoms.